The lowest BCUT2D eigenvalue weighted by Crippen LogP contribution is -2.29. The topological polar surface area (TPSA) is 0 Å². The van der Waals surface area contributed by atoms with Crippen LogP contribution in [0, 0.1) is 11.8 Å². The molecule has 0 bridgehead atoms. The van der Waals surface area contributed by atoms with E-state index in [1.807, 2.05) is 0 Å². The highest BCUT2D eigenvalue weighted by atomic mass is 32.2. The standard InChI is InChI=1S/C16H30S/c1-3-13-9-5-7-11-15(13)17-16-12-8-6-10-14(16)4-2/h13-16H,3-12H2,1-2H3. The zero-order chi connectivity index (χ0) is 12.1. The predicted molar refractivity (Wildman–Crippen MR) is 79.7 cm³/mol. The van der Waals surface area contributed by atoms with E-state index in [0.717, 1.165) is 22.3 Å². The van der Waals surface area contributed by atoms with Crippen molar-refractivity contribution in [3.63, 3.8) is 0 Å². The Balaban J connectivity index is 1.88. The lowest BCUT2D eigenvalue weighted by molar-refractivity contribution is 0.342. The van der Waals surface area contributed by atoms with Crippen LogP contribution >= 0.6 is 11.8 Å². The summed E-state index contributed by atoms with van der Waals surface area (Å²) in [6.07, 6.45) is 14.9. The van der Waals surface area contributed by atoms with E-state index in [2.05, 4.69) is 25.6 Å². The maximum atomic E-state index is 2.41. The van der Waals surface area contributed by atoms with Gasteiger partial charge in [0.1, 0.15) is 0 Å². The molecule has 2 saturated carbocycles. The molecule has 0 saturated heterocycles. The van der Waals surface area contributed by atoms with E-state index < -0.39 is 0 Å². The Kier molecular flexibility index (Phi) is 5.72. The van der Waals surface area contributed by atoms with Crippen LogP contribution in [0.25, 0.3) is 0 Å². The Morgan fingerprint density at radius 2 is 1.12 bits per heavy atom. The summed E-state index contributed by atoms with van der Waals surface area (Å²) < 4.78 is 0. The van der Waals surface area contributed by atoms with Crippen LogP contribution in [0.1, 0.15) is 78.1 Å². The van der Waals surface area contributed by atoms with Gasteiger partial charge in [0.2, 0.25) is 0 Å². The predicted octanol–water partition coefficient (Wildman–Crippen LogP) is 5.66. The molecule has 4 atom stereocenters. The second-order valence-corrected chi connectivity index (χ2v) is 7.60. The average Bonchev–Trinajstić information content (AvgIpc) is 2.40. The normalized spacial score (nSPS) is 39.2. The monoisotopic (exact) mass is 254 g/mol. The quantitative estimate of drug-likeness (QED) is 0.624. The molecule has 0 heterocycles. The van der Waals surface area contributed by atoms with Crippen LogP contribution in [0.15, 0.2) is 0 Å². The second kappa shape index (κ2) is 7.07. The molecule has 0 amide bonds. The van der Waals surface area contributed by atoms with Gasteiger partial charge in [-0.1, -0.05) is 52.4 Å². The highest BCUT2D eigenvalue weighted by Crippen LogP contribution is 2.43. The van der Waals surface area contributed by atoms with Crippen molar-refractivity contribution < 1.29 is 0 Å². The van der Waals surface area contributed by atoms with Gasteiger partial charge in [0.15, 0.2) is 0 Å². The summed E-state index contributed by atoms with van der Waals surface area (Å²) >= 11 is 2.41. The SMILES string of the molecule is CCC1CCCCC1SC1CCCCC1CC. The largest absolute Gasteiger partial charge is 0.155 e. The van der Waals surface area contributed by atoms with Crippen molar-refractivity contribution in [1.82, 2.24) is 0 Å². The summed E-state index contributed by atoms with van der Waals surface area (Å²) in [7, 11) is 0. The van der Waals surface area contributed by atoms with Crippen LogP contribution in [0.3, 0.4) is 0 Å². The van der Waals surface area contributed by atoms with Crippen LogP contribution in [0.5, 0.6) is 0 Å². The minimum atomic E-state index is 1.01. The molecule has 0 aromatic heterocycles. The van der Waals surface area contributed by atoms with Crippen LogP contribution in [0.2, 0.25) is 0 Å². The molecule has 0 spiro atoms. The molecule has 2 fully saturated rings. The number of rotatable bonds is 4. The van der Waals surface area contributed by atoms with Gasteiger partial charge in [-0.25, -0.2) is 0 Å². The van der Waals surface area contributed by atoms with E-state index in [1.54, 1.807) is 0 Å². The zero-order valence-corrected chi connectivity index (χ0v) is 12.6. The van der Waals surface area contributed by atoms with E-state index in [9.17, 15) is 0 Å². The summed E-state index contributed by atoms with van der Waals surface area (Å²) in [5.74, 6) is 2.07. The molecule has 0 radical (unpaired) electrons. The first kappa shape index (κ1) is 13.8. The first-order valence-corrected chi connectivity index (χ1v) is 8.94. The molecule has 0 N–H and O–H groups in total. The molecule has 0 nitrogen and oxygen atoms in total. The minimum absolute atomic E-state index is 1.01. The molecule has 0 aliphatic heterocycles. The fourth-order valence-electron chi connectivity index (χ4n) is 3.86. The van der Waals surface area contributed by atoms with Gasteiger partial charge in [-0.05, 0) is 37.5 Å². The third kappa shape index (κ3) is 3.66. The molecule has 0 aromatic rings. The maximum Gasteiger partial charge on any atom is 0.00781 e. The minimum Gasteiger partial charge on any atom is -0.155 e. The Labute approximate surface area is 112 Å². The van der Waals surface area contributed by atoms with E-state index in [1.165, 1.54) is 64.2 Å². The van der Waals surface area contributed by atoms with E-state index in [-0.39, 0.29) is 0 Å². The van der Waals surface area contributed by atoms with E-state index >= 15 is 0 Å². The summed E-state index contributed by atoms with van der Waals surface area (Å²) in [6, 6.07) is 0. The fourth-order valence-corrected chi connectivity index (χ4v) is 6.02. The fraction of sp³-hybridized carbons (Fsp3) is 1.00. The van der Waals surface area contributed by atoms with Crippen LogP contribution < -0.4 is 0 Å². The molecular formula is C16H30S. The number of thioether (sulfide) groups is 1. The molecule has 0 aromatic carbocycles. The lowest BCUT2D eigenvalue weighted by Gasteiger charge is -2.37. The van der Waals surface area contributed by atoms with Crippen molar-refractivity contribution >= 4 is 11.8 Å². The van der Waals surface area contributed by atoms with Gasteiger partial charge < -0.3 is 0 Å². The summed E-state index contributed by atoms with van der Waals surface area (Å²) in [6.45, 7) is 4.81. The highest BCUT2D eigenvalue weighted by molar-refractivity contribution is 8.00. The molecule has 100 valence electrons. The van der Waals surface area contributed by atoms with Gasteiger partial charge in [0, 0.05) is 10.5 Å². The number of hydrogen-bond acceptors (Lipinski definition) is 1. The van der Waals surface area contributed by atoms with Crippen molar-refractivity contribution in [1.29, 1.82) is 0 Å². The molecular weight excluding hydrogens is 224 g/mol. The van der Waals surface area contributed by atoms with Gasteiger partial charge in [0.25, 0.3) is 0 Å². The molecule has 2 aliphatic carbocycles. The maximum absolute atomic E-state index is 2.41. The zero-order valence-electron chi connectivity index (χ0n) is 11.8. The molecule has 2 aliphatic rings. The average molecular weight is 254 g/mol. The lowest BCUT2D eigenvalue weighted by atomic mass is 9.86. The summed E-state index contributed by atoms with van der Waals surface area (Å²) in [4.78, 5) is 0. The molecule has 1 heteroatoms. The molecule has 17 heavy (non-hydrogen) atoms. The Morgan fingerprint density at radius 3 is 1.53 bits per heavy atom. The van der Waals surface area contributed by atoms with Crippen molar-refractivity contribution in [2.75, 3.05) is 0 Å². The van der Waals surface area contributed by atoms with Crippen molar-refractivity contribution in [3.05, 3.63) is 0 Å². The van der Waals surface area contributed by atoms with Crippen LogP contribution in [0.4, 0.5) is 0 Å². The van der Waals surface area contributed by atoms with Gasteiger partial charge >= 0.3 is 0 Å². The van der Waals surface area contributed by atoms with E-state index in [0.29, 0.717) is 0 Å². The first-order valence-electron chi connectivity index (χ1n) is 8.00. The second-order valence-electron chi connectivity index (χ2n) is 6.12. The highest BCUT2D eigenvalue weighted by Gasteiger charge is 2.31. The Bertz CT molecular complexity index is 192. The van der Waals surface area contributed by atoms with Gasteiger partial charge in [-0.15, -0.1) is 0 Å². The van der Waals surface area contributed by atoms with Crippen LogP contribution in [-0.4, -0.2) is 10.5 Å². The smallest absolute Gasteiger partial charge is 0.00781 e. The first-order chi connectivity index (χ1) is 8.35. The van der Waals surface area contributed by atoms with Crippen LogP contribution in [-0.2, 0) is 0 Å². The Morgan fingerprint density at radius 1 is 0.706 bits per heavy atom. The summed E-state index contributed by atoms with van der Waals surface area (Å²) in [5.41, 5.74) is 0. The van der Waals surface area contributed by atoms with Gasteiger partial charge in [0.05, 0.1) is 0 Å². The third-order valence-electron chi connectivity index (χ3n) is 5.08. The third-order valence-corrected chi connectivity index (χ3v) is 7.02. The number of hydrogen-bond donors (Lipinski definition) is 0. The Hall–Kier alpha value is 0.350. The summed E-state index contributed by atoms with van der Waals surface area (Å²) in [5, 5.41) is 2.01. The van der Waals surface area contributed by atoms with E-state index in [4.69, 9.17) is 0 Å². The molecule has 4 unspecified atom stereocenters. The van der Waals surface area contributed by atoms with Gasteiger partial charge in [-0.3, -0.25) is 0 Å². The van der Waals surface area contributed by atoms with Gasteiger partial charge in [-0.2, -0.15) is 11.8 Å². The molecule has 2 rings (SSSR count). The van der Waals surface area contributed by atoms with Crippen molar-refractivity contribution in [2.24, 2.45) is 11.8 Å². The van der Waals surface area contributed by atoms with Crippen molar-refractivity contribution in [3.8, 4) is 0 Å². The van der Waals surface area contributed by atoms with Crippen molar-refractivity contribution in [2.45, 2.75) is 88.6 Å².